The van der Waals surface area contributed by atoms with Crippen LogP contribution in [0.5, 0.6) is 0 Å². The van der Waals surface area contributed by atoms with Crippen LogP contribution in [-0.2, 0) is 22.6 Å². The van der Waals surface area contributed by atoms with Gasteiger partial charge in [-0.2, -0.15) is 0 Å². The number of aromatic nitrogens is 1. The molecule has 2 aromatic rings. The van der Waals surface area contributed by atoms with Gasteiger partial charge >= 0.3 is 0 Å². The van der Waals surface area contributed by atoms with Crippen molar-refractivity contribution < 1.29 is 14.1 Å². The summed E-state index contributed by atoms with van der Waals surface area (Å²) in [5.41, 5.74) is 2.73. The number of hydrogen-bond donors (Lipinski definition) is 1. The molecule has 0 aliphatic carbocycles. The smallest absolute Gasteiger partial charge is 0.238 e. The Hall–Kier alpha value is -2.67. The van der Waals surface area contributed by atoms with E-state index in [1.165, 1.54) is 0 Å². The molecule has 3 rings (SSSR count). The number of carbonyl (C=O) groups excluding carboxylic acids is 2. The summed E-state index contributed by atoms with van der Waals surface area (Å²) in [6, 6.07) is 9.70. The summed E-state index contributed by atoms with van der Waals surface area (Å²) in [7, 11) is 1.63. The molecule has 1 aromatic heterocycles. The molecule has 144 valence electrons. The highest BCUT2D eigenvalue weighted by molar-refractivity contribution is 5.84. The molecule has 0 radical (unpaired) electrons. The molecule has 1 aromatic carbocycles. The number of nitrogens with zero attached hydrogens (tertiary/aromatic N) is 3. The van der Waals surface area contributed by atoms with Gasteiger partial charge in [0.15, 0.2) is 0 Å². The van der Waals surface area contributed by atoms with Gasteiger partial charge in [0.05, 0.1) is 12.1 Å². The SMILES string of the molecule is CNC(=O)C1CN(C(=O)Cc2c(C)noc2C)CCN1Cc1ccccc1. The highest BCUT2D eigenvalue weighted by Crippen LogP contribution is 2.18. The third kappa shape index (κ3) is 4.36. The van der Waals surface area contributed by atoms with Crippen LogP contribution in [0.3, 0.4) is 0 Å². The summed E-state index contributed by atoms with van der Waals surface area (Å²) in [4.78, 5) is 29.1. The first-order valence-corrected chi connectivity index (χ1v) is 9.18. The topological polar surface area (TPSA) is 78.7 Å². The maximum Gasteiger partial charge on any atom is 0.238 e. The van der Waals surface area contributed by atoms with Gasteiger partial charge in [0, 0.05) is 38.8 Å². The summed E-state index contributed by atoms with van der Waals surface area (Å²) >= 11 is 0. The lowest BCUT2D eigenvalue weighted by Crippen LogP contribution is -2.59. The second-order valence-corrected chi connectivity index (χ2v) is 6.91. The van der Waals surface area contributed by atoms with E-state index in [9.17, 15) is 9.59 Å². The van der Waals surface area contributed by atoms with Gasteiger partial charge in [0.2, 0.25) is 11.8 Å². The fraction of sp³-hybridized carbons (Fsp3) is 0.450. The van der Waals surface area contributed by atoms with E-state index in [0.717, 1.165) is 16.8 Å². The molecule has 0 bridgehead atoms. The van der Waals surface area contributed by atoms with E-state index in [1.807, 2.05) is 32.0 Å². The van der Waals surface area contributed by atoms with Crippen LogP contribution in [0.15, 0.2) is 34.9 Å². The minimum atomic E-state index is -0.363. The average molecular weight is 370 g/mol. The van der Waals surface area contributed by atoms with Crippen molar-refractivity contribution in [1.82, 2.24) is 20.3 Å². The van der Waals surface area contributed by atoms with Crippen LogP contribution in [0.1, 0.15) is 22.6 Å². The maximum absolute atomic E-state index is 12.8. The Morgan fingerprint density at radius 3 is 2.59 bits per heavy atom. The molecule has 7 nitrogen and oxygen atoms in total. The molecular formula is C20H26N4O3. The van der Waals surface area contributed by atoms with E-state index in [0.29, 0.717) is 31.9 Å². The second-order valence-electron chi connectivity index (χ2n) is 6.91. The molecule has 1 aliphatic rings. The Labute approximate surface area is 159 Å². The van der Waals surface area contributed by atoms with Crippen molar-refractivity contribution in [3.63, 3.8) is 0 Å². The molecule has 27 heavy (non-hydrogen) atoms. The predicted octanol–water partition coefficient (Wildman–Crippen LogP) is 1.29. The fourth-order valence-electron chi connectivity index (χ4n) is 3.49. The van der Waals surface area contributed by atoms with E-state index >= 15 is 0 Å². The minimum absolute atomic E-state index is 0.00216. The monoisotopic (exact) mass is 370 g/mol. The molecule has 0 saturated carbocycles. The van der Waals surface area contributed by atoms with E-state index in [-0.39, 0.29) is 24.3 Å². The first-order chi connectivity index (χ1) is 13.0. The molecule has 0 spiro atoms. The van der Waals surface area contributed by atoms with Crippen molar-refractivity contribution in [2.45, 2.75) is 32.9 Å². The van der Waals surface area contributed by atoms with Crippen molar-refractivity contribution in [3.05, 3.63) is 52.9 Å². The third-order valence-electron chi connectivity index (χ3n) is 5.13. The number of nitrogens with one attached hydrogen (secondary N) is 1. The largest absolute Gasteiger partial charge is 0.361 e. The fourth-order valence-corrected chi connectivity index (χ4v) is 3.49. The molecule has 1 N–H and O–H groups in total. The van der Waals surface area contributed by atoms with Crippen LogP contribution in [0, 0.1) is 13.8 Å². The van der Waals surface area contributed by atoms with Crippen molar-refractivity contribution >= 4 is 11.8 Å². The number of likely N-dealkylation sites (N-methyl/N-ethyl adjacent to an activating group) is 1. The number of carbonyl (C=O) groups is 2. The zero-order valence-corrected chi connectivity index (χ0v) is 16.1. The van der Waals surface area contributed by atoms with Crippen LogP contribution >= 0.6 is 0 Å². The van der Waals surface area contributed by atoms with Crippen molar-refractivity contribution in [2.24, 2.45) is 0 Å². The predicted molar refractivity (Wildman–Crippen MR) is 101 cm³/mol. The molecule has 1 unspecified atom stereocenters. The Balaban J connectivity index is 1.70. The summed E-state index contributed by atoms with van der Waals surface area (Å²) in [5.74, 6) is 0.602. The molecule has 1 aliphatic heterocycles. The lowest BCUT2D eigenvalue weighted by Gasteiger charge is -2.40. The number of amides is 2. The Kier molecular flexibility index (Phi) is 5.91. The van der Waals surface area contributed by atoms with Gasteiger partial charge in [0.25, 0.3) is 0 Å². The van der Waals surface area contributed by atoms with Crippen LogP contribution in [0.25, 0.3) is 0 Å². The quantitative estimate of drug-likeness (QED) is 0.858. The van der Waals surface area contributed by atoms with Gasteiger partial charge in [-0.25, -0.2) is 0 Å². The van der Waals surface area contributed by atoms with Gasteiger partial charge < -0.3 is 14.7 Å². The van der Waals surface area contributed by atoms with Crippen molar-refractivity contribution in [2.75, 3.05) is 26.7 Å². The first-order valence-electron chi connectivity index (χ1n) is 9.18. The number of piperazine rings is 1. The van der Waals surface area contributed by atoms with Gasteiger partial charge in [0.1, 0.15) is 11.8 Å². The van der Waals surface area contributed by atoms with Crippen LogP contribution in [-0.4, -0.2) is 59.5 Å². The van der Waals surface area contributed by atoms with Gasteiger partial charge in [-0.3, -0.25) is 14.5 Å². The first kappa shape index (κ1) is 19.1. The second kappa shape index (κ2) is 8.35. The Morgan fingerprint density at radius 1 is 1.22 bits per heavy atom. The van der Waals surface area contributed by atoms with Crippen molar-refractivity contribution in [3.8, 4) is 0 Å². The lowest BCUT2D eigenvalue weighted by molar-refractivity contribution is -0.137. The van der Waals surface area contributed by atoms with Crippen LogP contribution in [0.2, 0.25) is 0 Å². The number of hydrogen-bond acceptors (Lipinski definition) is 5. The van der Waals surface area contributed by atoms with Gasteiger partial charge in [-0.15, -0.1) is 0 Å². The van der Waals surface area contributed by atoms with E-state index in [1.54, 1.807) is 11.9 Å². The third-order valence-corrected chi connectivity index (χ3v) is 5.13. The standard InChI is InChI=1S/C20H26N4O3/c1-14-17(15(2)27-22-14)11-19(25)24-10-9-23(18(13-24)20(26)21-3)12-16-7-5-4-6-8-16/h4-8,18H,9-13H2,1-3H3,(H,21,26). The number of rotatable bonds is 5. The number of benzene rings is 1. The van der Waals surface area contributed by atoms with Crippen molar-refractivity contribution in [1.29, 1.82) is 0 Å². The Morgan fingerprint density at radius 2 is 1.96 bits per heavy atom. The highest BCUT2D eigenvalue weighted by Gasteiger charge is 2.34. The maximum atomic E-state index is 12.8. The Bertz CT molecular complexity index is 783. The van der Waals surface area contributed by atoms with E-state index < -0.39 is 0 Å². The molecule has 1 saturated heterocycles. The zero-order chi connectivity index (χ0) is 19.4. The van der Waals surface area contributed by atoms with Crippen LogP contribution in [0.4, 0.5) is 0 Å². The van der Waals surface area contributed by atoms with Gasteiger partial charge in [-0.05, 0) is 19.4 Å². The summed E-state index contributed by atoms with van der Waals surface area (Å²) in [5, 5.41) is 6.64. The zero-order valence-electron chi connectivity index (χ0n) is 16.1. The summed E-state index contributed by atoms with van der Waals surface area (Å²) in [6.07, 6.45) is 0.250. The highest BCUT2D eigenvalue weighted by atomic mass is 16.5. The number of aryl methyl sites for hydroxylation is 2. The minimum Gasteiger partial charge on any atom is -0.361 e. The summed E-state index contributed by atoms with van der Waals surface area (Å²) < 4.78 is 5.15. The summed E-state index contributed by atoms with van der Waals surface area (Å²) in [6.45, 7) is 5.97. The molecule has 1 fully saturated rings. The van der Waals surface area contributed by atoms with Gasteiger partial charge in [-0.1, -0.05) is 35.5 Å². The van der Waals surface area contributed by atoms with Crippen LogP contribution < -0.4 is 5.32 Å². The average Bonchev–Trinajstić information content (AvgIpc) is 3.00. The molecule has 1 atom stereocenters. The normalized spacial score (nSPS) is 17.7. The lowest BCUT2D eigenvalue weighted by atomic mass is 10.1. The molecule has 7 heteroatoms. The molecular weight excluding hydrogens is 344 g/mol. The molecule has 2 heterocycles. The molecule has 2 amide bonds. The van der Waals surface area contributed by atoms with E-state index in [2.05, 4.69) is 27.5 Å². The van der Waals surface area contributed by atoms with E-state index in [4.69, 9.17) is 4.52 Å².